The van der Waals surface area contributed by atoms with Gasteiger partial charge in [-0.25, -0.2) is 0 Å². The lowest BCUT2D eigenvalue weighted by molar-refractivity contribution is -0.133. The fourth-order valence-corrected chi connectivity index (χ4v) is 4.20. The highest BCUT2D eigenvalue weighted by molar-refractivity contribution is 5.93. The van der Waals surface area contributed by atoms with Crippen LogP contribution in [0.4, 0.5) is 0 Å². The van der Waals surface area contributed by atoms with Crippen molar-refractivity contribution in [2.24, 2.45) is 0 Å². The molecule has 7 nitrogen and oxygen atoms in total. The van der Waals surface area contributed by atoms with E-state index >= 15 is 0 Å². The number of para-hydroxylation sites is 1. The summed E-state index contributed by atoms with van der Waals surface area (Å²) < 4.78 is 10.6. The number of amides is 2. The zero-order valence-corrected chi connectivity index (χ0v) is 17.7. The zero-order chi connectivity index (χ0) is 21.9. The average Bonchev–Trinajstić information content (AvgIpc) is 3.48. The fourth-order valence-electron chi connectivity index (χ4n) is 4.20. The van der Waals surface area contributed by atoms with Crippen molar-refractivity contribution in [3.63, 3.8) is 0 Å². The number of nitrogens with zero attached hydrogens (tertiary/aromatic N) is 1. The zero-order valence-electron chi connectivity index (χ0n) is 17.7. The molecule has 0 saturated carbocycles. The summed E-state index contributed by atoms with van der Waals surface area (Å²) in [5, 5.41) is 4.08. The predicted molar refractivity (Wildman–Crippen MR) is 121 cm³/mol. The van der Waals surface area contributed by atoms with E-state index in [1.54, 1.807) is 0 Å². The van der Waals surface area contributed by atoms with E-state index < -0.39 is 0 Å². The van der Waals surface area contributed by atoms with E-state index in [0.717, 1.165) is 17.5 Å². The molecule has 1 aromatic heterocycles. The Morgan fingerprint density at radius 3 is 2.81 bits per heavy atom. The van der Waals surface area contributed by atoms with Crippen LogP contribution in [0.25, 0.3) is 16.5 Å². The van der Waals surface area contributed by atoms with E-state index in [4.69, 9.17) is 9.47 Å². The van der Waals surface area contributed by atoms with Crippen molar-refractivity contribution in [2.45, 2.75) is 25.8 Å². The number of ether oxygens (including phenoxy) is 2. The number of carbonyl (C=O) groups excluding carboxylic acids is 2. The van der Waals surface area contributed by atoms with Gasteiger partial charge in [0.05, 0.1) is 0 Å². The second kappa shape index (κ2) is 8.78. The van der Waals surface area contributed by atoms with Gasteiger partial charge < -0.3 is 24.7 Å². The SMILES string of the molecule is O=C(CCC(=O)N1CC=C(c2c[nH]c3ccccc23)CC1)NCc1ccc2c(c1)OCO2. The Bertz CT molecular complexity index is 1200. The molecule has 0 aliphatic carbocycles. The third-order valence-electron chi connectivity index (χ3n) is 5.99. The maximum absolute atomic E-state index is 12.6. The molecule has 0 fully saturated rings. The Morgan fingerprint density at radius 2 is 1.94 bits per heavy atom. The highest BCUT2D eigenvalue weighted by Crippen LogP contribution is 2.32. The molecule has 32 heavy (non-hydrogen) atoms. The van der Waals surface area contributed by atoms with Crippen LogP contribution < -0.4 is 14.8 Å². The lowest BCUT2D eigenvalue weighted by atomic mass is 9.98. The van der Waals surface area contributed by atoms with Crippen molar-refractivity contribution in [1.82, 2.24) is 15.2 Å². The number of hydrogen-bond acceptors (Lipinski definition) is 4. The fraction of sp³-hybridized carbons (Fsp3) is 0.280. The number of carbonyl (C=O) groups is 2. The Balaban J connectivity index is 1.10. The first-order chi connectivity index (χ1) is 15.7. The molecule has 0 saturated heterocycles. The third-order valence-corrected chi connectivity index (χ3v) is 5.99. The number of aromatic amines is 1. The van der Waals surface area contributed by atoms with Gasteiger partial charge in [-0.2, -0.15) is 0 Å². The molecule has 0 radical (unpaired) electrons. The Labute approximate surface area is 186 Å². The van der Waals surface area contributed by atoms with E-state index in [1.807, 2.05) is 41.4 Å². The van der Waals surface area contributed by atoms with Crippen molar-refractivity contribution >= 4 is 28.3 Å². The minimum Gasteiger partial charge on any atom is -0.454 e. The Kier molecular flexibility index (Phi) is 5.54. The van der Waals surface area contributed by atoms with E-state index in [9.17, 15) is 9.59 Å². The van der Waals surface area contributed by atoms with E-state index in [-0.39, 0.29) is 31.4 Å². The minimum atomic E-state index is -0.136. The molecule has 5 rings (SSSR count). The van der Waals surface area contributed by atoms with Gasteiger partial charge in [0.15, 0.2) is 11.5 Å². The summed E-state index contributed by atoms with van der Waals surface area (Å²) in [4.78, 5) is 29.9. The van der Waals surface area contributed by atoms with Crippen molar-refractivity contribution in [2.75, 3.05) is 19.9 Å². The van der Waals surface area contributed by atoms with Crippen molar-refractivity contribution in [1.29, 1.82) is 0 Å². The molecular weight excluding hydrogens is 406 g/mol. The summed E-state index contributed by atoms with van der Waals surface area (Å²) in [6.07, 6.45) is 5.36. The van der Waals surface area contributed by atoms with Crippen LogP contribution in [-0.4, -0.2) is 41.6 Å². The maximum Gasteiger partial charge on any atom is 0.231 e. The molecular formula is C25H25N3O4. The third kappa shape index (κ3) is 4.19. The molecule has 2 N–H and O–H groups in total. The number of nitrogens with one attached hydrogen (secondary N) is 2. The average molecular weight is 431 g/mol. The van der Waals surface area contributed by atoms with Crippen LogP contribution in [0.5, 0.6) is 11.5 Å². The maximum atomic E-state index is 12.6. The van der Waals surface area contributed by atoms with Crippen LogP contribution >= 0.6 is 0 Å². The largest absolute Gasteiger partial charge is 0.454 e. The van der Waals surface area contributed by atoms with Gasteiger partial charge in [-0.15, -0.1) is 0 Å². The first kappa shape index (κ1) is 20.2. The van der Waals surface area contributed by atoms with Gasteiger partial charge in [0.25, 0.3) is 0 Å². The summed E-state index contributed by atoms with van der Waals surface area (Å²) in [5.41, 5.74) is 4.51. The molecule has 3 aromatic rings. The van der Waals surface area contributed by atoms with E-state index in [0.29, 0.717) is 31.1 Å². The van der Waals surface area contributed by atoms with E-state index in [2.05, 4.69) is 28.5 Å². The highest BCUT2D eigenvalue weighted by Gasteiger charge is 2.20. The topological polar surface area (TPSA) is 83.7 Å². The molecule has 2 aliphatic heterocycles. The quantitative estimate of drug-likeness (QED) is 0.625. The molecule has 2 aromatic carbocycles. The molecule has 0 spiro atoms. The van der Waals surface area contributed by atoms with Crippen LogP contribution in [0, 0.1) is 0 Å². The normalized spacial score (nSPS) is 15.0. The molecule has 0 unspecified atom stereocenters. The van der Waals surface area contributed by atoms with Crippen LogP contribution in [0.3, 0.4) is 0 Å². The number of aromatic nitrogens is 1. The molecule has 0 bridgehead atoms. The number of fused-ring (bicyclic) bond motifs is 2. The van der Waals surface area contributed by atoms with Gasteiger partial charge in [0, 0.05) is 55.1 Å². The van der Waals surface area contributed by atoms with Gasteiger partial charge in [0.2, 0.25) is 18.6 Å². The Morgan fingerprint density at radius 1 is 1.06 bits per heavy atom. The first-order valence-electron chi connectivity index (χ1n) is 10.9. The number of hydrogen-bond donors (Lipinski definition) is 2. The van der Waals surface area contributed by atoms with Gasteiger partial charge in [-0.05, 0) is 35.8 Å². The number of H-pyrrole nitrogens is 1. The smallest absolute Gasteiger partial charge is 0.231 e. The summed E-state index contributed by atoms with van der Waals surface area (Å²) in [5.74, 6) is 1.28. The van der Waals surface area contributed by atoms with Gasteiger partial charge in [0.1, 0.15) is 0 Å². The van der Waals surface area contributed by atoms with Crippen molar-refractivity contribution in [3.8, 4) is 11.5 Å². The molecule has 2 amide bonds. The van der Waals surface area contributed by atoms with Crippen LogP contribution in [0.1, 0.15) is 30.4 Å². The summed E-state index contributed by atoms with van der Waals surface area (Å²) in [6, 6.07) is 13.8. The molecule has 2 aliphatic rings. The highest BCUT2D eigenvalue weighted by atomic mass is 16.7. The van der Waals surface area contributed by atoms with Gasteiger partial charge in [-0.1, -0.05) is 30.3 Å². The second-order valence-electron chi connectivity index (χ2n) is 8.03. The Hall–Kier alpha value is -3.74. The van der Waals surface area contributed by atoms with Gasteiger partial charge >= 0.3 is 0 Å². The molecule has 7 heteroatoms. The predicted octanol–water partition coefficient (Wildman–Crippen LogP) is 3.61. The first-order valence-corrected chi connectivity index (χ1v) is 10.9. The molecule has 3 heterocycles. The van der Waals surface area contributed by atoms with Crippen molar-refractivity contribution in [3.05, 3.63) is 65.9 Å². The monoisotopic (exact) mass is 431 g/mol. The number of rotatable bonds is 6. The van der Waals surface area contributed by atoms with Crippen molar-refractivity contribution < 1.29 is 19.1 Å². The lowest BCUT2D eigenvalue weighted by Gasteiger charge is -2.26. The molecule has 164 valence electrons. The lowest BCUT2D eigenvalue weighted by Crippen LogP contribution is -2.35. The van der Waals surface area contributed by atoms with E-state index in [1.165, 1.54) is 16.5 Å². The standard InChI is InChI=1S/C25H25N3O4/c29-24(27-14-17-5-6-22-23(13-17)32-16-31-22)7-8-25(30)28-11-9-18(10-12-28)20-15-26-21-4-2-1-3-19(20)21/h1-6,9,13,15,26H,7-8,10-12,14,16H2,(H,27,29). The second-order valence-corrected chi connectivity index (χ2v) is 8.03. The van der Waals surface area contributed by atoms with Crippen LogP contribution in [0.2, 0.25) is 0 Å². The van der Waals surface area contributed by atoms with Crippen LogP contribution in [0.15, 0.2) is 54.7 Å². The summed E-state index contributed by atoms with van der Waals surface area (Å²) in [6.45, 7) is 1.86. The summed E-state index contributed by atoms with van der Waals surface area (Å²) in [7, 11) is 0. The summed E-state index contributed by atoms with van der Waals surface area (Å²) >= 11 is 0. The minimum absolute atomic E-state index is 0.0115. The number of benzene rings is 2. The van der Waals surface area contributed by atoms with Gasteiger partial charge in [-0.3, -0.25) is 9.59 Å². The van der Waals surface area contributed by atoms with Crippen LogP contribution in [-0.2, 0) is 16.1 Å². The molecule has 0 atom stereocenters.